The molecule has 0 radical (unpaired) electrons. The van der Waals surface area contributed by atoms with Crippen molar-refractivity contribution < 1.29 is 57.8 Å². The number of anilines is 3. The molecule has 1 heterocycles. The van der Waals surface area contributed by atoms with E-state index in [4.69, 9.17) is 14.2 Å². The average Bonchev–Trinajstić information content (AvgIpc) is 3.25. The number of hydrogen-bond donors (Lipinski definition) is 10. The summed E-state index contributed by atoms with van der Waals surface area (Å²) < 4.78 is 45.0. The van der Waals surface area contributed by atoms with E-state index in [9.17, 15) is 43.5 Å². The van der Waals surface area contributed by atoms with Gasteiger partial charge in [-0.2, -0.15) is 0 Å². The summed E-state index contributed by atoms with van der Waals surface area (Å²) in [5.74, 6) is -3.12. The average molecular weight is 863 g/mol. The number of amides is 3. The second-order valence-electron chi connectivity index (χ2n) is 14.9. The van der Waals surface area contributed by atoms with Crippen molar-refractivity contribution in [1.82, 2.24) is 15.0 Å². The number of nitrogens with zero attached hydrogens (tertiary/aromatic N) is 1. The molecule has 3 amide bonds. The Morgan fingerprint density at radius 1 is 0.852 bits per heavy atom. The Morgan fingerprint density at radius 2 is 1.51 bits per heavy atom. The topological polar surface area (TPSA) is 270 Å². The summed E-state index contributed by atoms with van der Waals surface area (Å²) in [4.78, 5) is 30.2. The molecule has 61 heavy (non-hydrogen) atoms. The van der Waals surface area contributed by atoms with E-state index in [1.807, 2.05) is 20.8 Å². The standard InChI is InChI=1S/C42H50N6O12S/c1-40(2,3)26-20-31(36(58-5)33(21-26)61(56,57)43-4)47-39(53)46-30-16-17-32(29-15-11-10-14-28(29)30)60-27-18-19-44-35(22-27)48-42(55,34(50)23-49)38(52)41(54,59-6)24-45-37(51)25-12-8-7-9-13-25/h7-22,34,38,43,49-50,52,54-55H,23-24H2,1-6H3,(H,44,48)(H,45,51)(H2,46,47,53)/t34-,38+,41+,42-/m1/s1. The van der Waals surface area contributed by atoms with Gasteiger partial charge in [-0.05, 0) is 60.5 Å². The van der Waals surface area contributed by atoms with E-state index in [0.717, 1.165) is 7.11 Å². The third-order valence-corrected chi connectivity index (χ3v) is 11.2. The SMILES string of the molecule is CNS(=O)(=O)c1cc(C(C)(C)C)cc(NC(=O)Nc2ccc(Oc3ccnc(N[C@@](O)([C@H](O)CO)[C@@H](O)[C@](O)(CNC(=O)c4ccccc4)OC)c3)c3ccccc23)c1OC. The van der Waals surface area contributed by atoms with Crippen molar-refractivity contribution in [2.45, 2.75) is 54.8 Å². The lowest BCUT2D eigenvalue weighted by molar-refractivity contribution is -0.288. The molecule has 0 saturated carbocycles. The number of carbonyl (C=O) groups excluding carboxylic acids is 2. The van der Waals surface area contributed by atoms with Crippen LogP contribution in [0, 0.1) is 0 Å². The number of rotatable bonds is 17. The van der Waals surface area contributed by atoms with Gasteiger partial charge < -0.3 is 61.0 Å². The van der Waals surface area contributed by atoms with Gasteiger partial charge in [-0.1, -0.05) is 63.2 Å². The molecule has 5 rings (SSSR count). The van der Waals surface area contributed by atoms with Crippen LogP contribution in [0.25, 0.3) is 10.8 Å². The predicted octanol–water partition coefficient (Wildman–Crippen LogP) is 3.46. The number of aromatic nitrogens is 1. The number of urea groups is 1. The molecule has 5 aromatic rings. The van der Waals surface area contributed by atoms with Crippen LogP contribution in [-0.4, -0.2) is 109 Å². The highest BCUT2D eigenvalue weighted by Gasteiger charge is 2.54. The van der Waals surface area contributed by atoms with Gasteiger partial charge in [-0.15, -0.1) is 0 Å². The Balaban J connectivity index is 1.38. The summed E-state index contributed by atoms with van der Waals surface area (Å²) in [7, 11) is -0.394. The largest absolute Gasteiger partial charge is 0.493 e. The zero-order valence-electron chi connectivity index (χ0n) is 34.3. The Hall–Kier alpha value is -5.90. The van der Waals surface area contributed by atoms with Crippen molar-refractivity contribution in [2.75, 3.05) is 50.4 Å². The molecule has 10 N–H and O–H groups in total. The minimum atomic E-state index is -3.98. The first-order chi connectivity index (χ1) is 28.8. The number of aliphatic hydroxyl groups excluding tert-OH is 3. The van der Waals surface area contributed by atoms with Gasteiger partial charge in [-0.25, -0.2) is 22.9 Å². The number of sulfonamides is 1. The van der Waals surface area contributed by atoms with Crippen molar-refractivity contribution in [2.24, 2.45) is 0 Å². The highest BCUT2D eigenvalue weighted by Crippen LogP contribution is 2.39. The summed E-state index contributed by atoms with van der Waals surface area (Å²) in [6.45, 7) is 3.87. The van der Waals surface area contributed by atoms with Crippen LogP contribution < -0.4 is 35.5 Å². The zero-order chi connectivity index (χ0) is 44.8. The van der Waals surface area contributed by atoms with Gasteiger partial charge in [0.1, 0.15) is 28.3 Å². The van der Waals surface area contributed by atoms with Gasteiger partial charge in [0.05, 0.1) is 31.6 Å². The Kier molecular flexibility index (Phi) is 14.2. The van der Waals surface area contributed by atoms with E-state index >= 15 is 0 Å². The van der Waals surface area contributed by atoms with Crippen LogP contribution in [0.15, 0.2) is 102 Å². The Bertz CT molecular complexity index is 2470. The molecule has 0 spiro atoms. The zero-order valence-corrected chi connectivity index (χ0v) is 35.1. The maximum Gasteiger partial charge on any atom is 0.323 e. The molecule has 0 bridgehead atoms. The number of pyridine rings is 1. The minimum absolute atomic E-state index is 0.0575. The van der Waals surface area contributed by atoms with E-state index in [1.165, 1.54) is 50.7 Å². The molecule has 0 fully saturated rings. The van der Waals surface area contributed by atoms with Crippen LogP contribution in [0.1, 0.15) is 36.7 Å². The number of methoxy groups -OCH3 is 2. The summed E-state index contributed by atoms with van der Waals surface area (Å²) in [6, 6.07) is 23.4. The fraction of sp³-hybridized carbons (Fsp3) is 0.310. The van der Waals surface area contributed by atoms with Crippen LogP contribution in [-0.2, 0) is 20.2 Å². The molecule has 0 aliphatic rings. The Labute approximate surface area is 352 Å². The monoisotopic (exact) mass is 862 g/mol. The molecule has 0 aliphatic carbocycles. The third kappa shape index (κ3) is 10.4. The number of fused-ring (bicyclic) bond motifs is 1. The van der Waals surface area contributed by atoms with Gasteiger partial charge in [0, 0.05) is 35.7 Å². The highest BCUT2D eigenvalue weighted by molar-refractivity contribution is 7.89. The van der Waals surface area contributed by atoms with Crippen LogP contribution in [0.3, 0.4) is 0 Å². The first kappa shape index (κ1) is 46.2. The molecular formula is C42H50N6O12S. The third-order valence-electron chi connectivity index (χ3n) is 9.77. The number of ether oxygens (including phenoxy) is 3. The van der Waals surface area contributed by atoms with Crippen molar-refractivity contribution >= 4 is 49.9 Å². The quantitative estimate of drug-likeness (QED) is 0.0601. The highest BCUT2D eigenvalue weighted by atomic mass is 32.2. The van der Waals surface area contributed by atoms with Crippen molar-refractivity contribution in [3.05, 3.63) is 108 Å². The molecule has 19 heteroatoms. The first-order valence-electron chi connectivity index (χ1n) is 18.8. The minimum Gasteiger partial charge on any atom is -0.493 e. The van der Waals surface area contributed by atoms with Gasteiger partial charge in [-0.3, -0.25) is 4.79 Å². The molecular weight excluding hydrogens is 813 g/mol. The summed E-state index contributed by atoms with van der Waals surface area (Å²) >= 11 is 0. The van der Waals surface area contributed by atoms with Gasteiger partial charge in [0.15, 0.2) is 17.6 Å². The smallest absolute Gasteiger partial charge is 0.323 e. The van der Waals surface area contributed by atoms with E-state index < -0.39 is 64.2 Å². The van der Waals surface area contributed by atoms with Crippen LogP contribution in [0.2, 0.25) is 0 Å². The number of hydrogen-bond acceptors (Lipinski definition) is 14. The predicted molar refractivity (Wildman–Crippen MR) is 227 cm³/mol. The number of carbonyl (C=O) groups is 2. The maximum atomic E-state index is 13.5. The van der Waals surface area contributed by atoms with Gasteiger partial charge in [0.2, 0.25) is 15.8 Å². The lowest BCUT2D eigenvalue weighted by Gasteiger charge is -2.43. The fourth-order valence-electron chi connectivity index (χ4n) is 6.26. The lowest BCUT2D eigenvalue weighted by Crippen LogP contribution is -2.69. The first-order valence-corrected chi connectivity index (χ1v) is 20.3. The number of aliphatic hydroxyl groups is 5. The summed E-state index contributed by atoms with van der Waals surface area (Å²) in [5.41, 5.74) is -2.05. The molecule has 1 aromatic heterocycles. The van der Waals surface area contributed by atoms with E-state index in [0.29, 0.717) is 27.8 Å². The van der Waals surface area contributed by atoms with Crippen LogP contribution in [0.4, 0.5) is 22.0 Å². The Morgan fingerprint density at radius 3 is 2.13 bits per heavy atom. The molecule has 4 aromatic carbocycles. The van der Waals surface area contributed by atoms with Crippen molar-refractivity contribution in [3.63, 3.8) is 0 Å². The summed E-state index contributed by atoms with van der Waals surface area (Å²) in [6.07, 6.45) is -3.26. The molecule has 0 saturated heterocycles. The molecule has 326 valence electrons. The van der Waals surface area contributed by atoms with E-state index in [-0.39, 0.29) is 33.5 Å². The second-order valence-corrected chi connectivity index (χ2v) is 16.7. The normalized spacial score (nSPS) is 14.8. The molecule has 18 nitrogen and oxygen atoms in total. The molecule has 4 atom stereocenters. The van der Waals surface area contributed by atoms with Crippen molar-refractivity contribution in [1.29, 1.82) is 0 Å². The van der Waals surface area contributed by atoms with E-state index in [2.05, 4.69) is 31.0 Å². The van der Waals surface area contributed by atoms with E-state index in [1.54, 1.807) is 60.7 Å². The fourth-order valence-corrected chi connectivity index (χ4v) is 7.20. The van der Waals surface area contributed by atoms with Crippen LogP contribution >= 0.6 is 0 Å². The van der Waals surface area contributed by atoms with Gasteiger partial charge in [0.25, 0.3) is 5.91 Å². The van der Waals surface area contributed by atoms with Gasteiger partial charge >= 0.3 is 6.03 Å². The lowest BCUT2D eigenvalue weighted by atomic mass is 9.86. The maximum absolute atomic E-state index is 13.5. The van der Waals surface area contributed by atoms with Crippen molar-refractivity contribution in [3.8, 4) is 17.2 Å². The van der Waals surface area contributed by atoms with Crippen LogP contribution in [0.5, 0.6) is 17.2 Å². The molecule has 0 aliphatic heterocycles. The number of benzene rings is 4. The second kappa shape index (κ2) is 18.8. The summed E-state index contributed by atoms with van der Waals surface area (Å²) in [5, 5.41) is 66.3. The molecule has 0 unspecified atom stereocenters. The number of nitrogens with one attached hydrogen (secondary N) is 5.